The third kappa shape index (κ3) is 4.10. The zero-order valence-electron chi connectivity index (χ0n) is 10.1. The molecule has 4 heteroatoms. The molecule has 1 atom stereocenters. The minimum Gasteiger partial charge on any atom is -0.478 e. The van der Waals surface area contributed by atoms with Crippen LogP contribution >= 0.6 is 15.9 Å². The van der Waals surface area contributed by atoms with Crippen LogP contribution in [0.4, 0.5) is 0 Å². The van der Waals surface area contributed by atoms with Crippen molar-refractivity contribution in [1.82, 2.24) is 0 Å². The predicted molar refractivity (Wildman–Crippen MR) is 76.3 cm³/mol. The van der Waals surface area contributed by atoms with E-state index in [1.807, 2.05) is 42.5 Å². The highest BCUT2D eigenvalue weighted by Crippen LogP contribution is 2.17. The van der Waals surface area contributed by atoms with Gasteiger partial charge < -0.3 is 9.84 Å². The van der Waals surface area contributed by atoms with Crippen molar-refractivity contribution < 1.29 is 14.6 Å². The van der Waals surface area contributed by atoms with E-state index in [-0.39, 0.29) is 0 Å². The Morgan fingerprint density at radius 2 is 1.89 bits per heavy atom. The molecule has 0 saturated heterocycles. The Morgan fingerprint density at radius 3 is 2.53 bits per heavy atom. The molecular weight excluding hydrogens is 308 g/mol. The molecule has 0 heterocycles. The van der Waals surface area contributed by atoms with Gasteiger partial charge >= 0.3 is 5.97 Å². The first-order chi connectivity index (χ1) is 9.15. The molecule has 3 nitrogen and oxygen atoms in total. The van der Waals surface area contributed by atoms with Gasteiger partial charge in [0, 0.05) is 10.9 Å². The van der Waals surface area contributed by atoms with Crippen molar-refractivity contribution in [2.75, 3.05) is 0 Å². The largest absolute Gasteiger partial charge is 0.478 e. The molecule has 2 aromatic rings. The second-order valence-corrected chi connectivity index (χ2v) is 5.01. The minimum absolute atomic E-state index is 0.323. The Bertz CT molecular complexity index is 554. The number of aliphatic carboxylic acids is 1. The van der Waals surface area contributed by atoms with Gasteiger partial charge in [-0.25, -0.2) is 4.79 Å². The van der Waals surface area contributed by atoms with Gasteiger partial charge in [0.2, 0.25) is 0 Å². The summed E-state index contributed by atoms with van der Waals surface area (Å²) in [4.78, 5) is 11.3. The van der Waals surface area contributed by atoms with Crippen molar-refractivity contribution in [3.63, 3.8) is 0 Å². The van der Waals surface area contributed by atoms with E-state index in [0.717, 1.165) is 10.0 Å². The Morgan fingerprint density at radius 1 is 1.16 bits per heavy atom. The highest BCUT2D eigenvalue weighted by molar-refractivity contribution is 9.10. The zero-order valence-corrected chi connectivity index (χ0v) is 11.7. The summed E-state index contributed by atoms with van der Waals surface area (Å²) in [6.45, 7) is 0. The smallest absolute Gasteiger partial charge is 0.345 e. The van der Waals surface area contributed by atoms with Gasteiger partial charge in [0.25, 0.3) is 0 Å². The van der Waals surface area contributed by atoms with Gasteiger partial charge in [0.15, 0.2) is 6.10 Å². The summed E-state index contributed by atoms with van der Waals surface area (Å²) in [5.41, 5.74) is 0.915. The van der Waals surface area contributed by atoms with E-state index in [2.05, 4.69) is 15.9 Å². The Labute approximate surface area is 120 Å². The Kier molecular flexibility index (Phi) is 4.58. The molecule has 19 heavy (non-hydrogen) atoms. The van der Waals surface area contributed by atoms with Crippen LogP contribution in [-0.4, -0.2) is 17.2 Å². The molecule has 0 unspecified atom stereocenters. The molecule has 98 valence electrons. The molecule has 0 saturated carbocycles. The van der Waals surface area contributed by atoms with Gasteiger partial charge in [-0.05, 0) is 29.8 Å². The molecule has 0 bridgehead atoms. The summed E-state index contributed by atoms with van der Waals surface area (Å²) in [5, 5.41) is 9.23. The van der Waals surface area contributed by atoms with E-state index >= 15 is 0 Å². The number of rotatable bonds is 5. The third-order valence-electron chi connectivity index (χ3n) is 2.61. The third-order valence-corrected chi connectivity index (χ3v) is 3.10. The van der Waals surface area contributed by atoms with Gasteiger partial charge in [0.1, 0.15) is 5.75 Å². The summed E-state index contributed by atoms with van der Waals surface area (Å²) < 4.78 is 6.43. The molecule has 2 rings (SSSR count). The lowest BCUT2D eigenvalue weighted by Gasteiger charge is -2.15. The first-order valence-corrected chi connectivity index (χ1v) is 6.63. The van der Waals surface area contributed by atoms with Crippen LogP contribution in [0.3, 0.4) is 0 Å². The normalized spacial score (nSPS) is 11.8. The fourth-order valence-corrected chi connectivity index (χ4v) is 2.17. The molecule has 0 aromatic heterocycles. The van der Waals surface area contributed by atoms with Gasteiger partial charge in [-0.1, -0.05) is 46.3 Å². The highest BCUT2D eigenvalue weighted by atomic mass is 79.9. The van der Waals surface area contributed by atoms with Gasteiger partial charge in [-0.3, -0.25) is 0 Å². The van der Waals surface area contributed by atoms with Crippen LogP contribution in [0.1, 0.15) is 5.56 Å². The van der Waals surface area contributed by atoms with Crippen LogP contribution < -0.4 is 4.74 Å². The molecule has 0 spiro atoms. The molecule has 0 aliphatic rings. The van der Waals surface area contributed by atoms with E-state index in [1.165, 1.54) is 0 Å². The van der Waals surface area contributed by atoms with Crippen molar-refractivity contribution >= 4 is 21.9 Å². The number of hydrogen-bond donors (Lipinski definition) is 1. The van der Waals surface area contributed by atoms with Crippen molar-refractivity contribution in [2.24, 2.45) is 0 Å². The Hall–Kier alpha value is -1.81. The maximum atomic E-state index is 11.3. The first kappa shape index (κ1) is 13.6. The van der Waals surface area contributed by atoms with Crippen LogP contribution in [0, 0.1) is 0 Å². The second-order valence-electron chi connectivity index (χ2n) is 4.09. The van der Waals surface area contributed by atoms with Crippen molar-refractivity contribution in [1.29, 1.82) is 0 Å². The van der Waals surface area contributed by atoms with Crippen molar-refractivity contribution in [2.45, 2.75) is 12.5 Å². The van der Waals surface area contributed by atoms with Crippen LogP contribution in [-0.2, 0) is 11.2 Å². The molecule has 1 N–H and O–H groups in total. The number of para-hydroxylation sites is 1. The van der Waals surface area contributed by atoms with E-state index < -0.39 is 12.1 Å². The standard InChI is InChI=1S/C15H13BrO3/c16-12-6-4-5-11(9-12)10-14(15(17)18)19-13-7-2-1-3-8-13/h1-9,14H,10H2,(H,17,18)/t14-/m1/s1. The van der Waals surface area contributed by atoms with E-state index in [4.69, 9.17) is 4.74 Å². The summed E-state index contributed by atoms with van der Waals surface area (Å²) in [7, 11) is 0. The van der Waals surface area contributed by atoms with E-state index in [9.17, 15) is 9.90 Å². The number of ether oxygens (including phenoxy) is 1. The zero-order chi connectivity index (χ0) is 13.7. The van der Waals surface area contributed by atoms with E-state index in [1.54, 1.807) is 12.1 Å². The lowest BCUT2D eigenvalue weighted by atomic mass is 10.1. The number of halogens is 1. The quantitative estimate of drug-likeness (QED) is 0.916. The second kappa shape index (κ2) is 6.38. The van der Waals surface area contributed by atoms with Crippen LogP contribution in [0.25, 0.3) is 0 Å². The number of benzene rings is 2. The topological polar surface area (TPSA) is 46.5 Å². The average molecular weight is 321 g/mol. The molecular formula is C15H13BrO3. The average Bonchev–Trinajstić information content (AvgIpc) is 2.39. The fourth-order valence-electron chi connectivity index (χ4n) is 1.72. The molecule has 0 aliphatic heterocycles. The lowest BCUT2D eigenvalue weighted by Crippen LogP contribution is -2.29. The molecule has 0 fully saturated rings. The van der Waals surface area contributed by atoms with Gasteiger partial charge in [-0.2, -0.15) is 0 Å². The molecule has 0 aliphatic carbocycles. The number of carboxylic acids is 1. The summed E-state index contributed by atoms with van der Waals surface area (Å²) in [6, 6.07) is 16.5. The first-order valence-electron chi connectivity index (χ1n) is 5.84. The SMILES string of the molecule is O=C(O)[C@@H](Cc1cccc(Br)c1)Oc1ccccc1. The fraction of sp³-hybridized carbons (Fsp3) is 0.133. The number of hydrogen-bond acceptors (Lipinski definition) is 2. The lowest BCUT2D eigenvalue weighted by molar-refractivity contribution is -0.145. The molecule has 0 radical (unpaired) electrons. The van der Waals surface area contributed by atoms with Gasteiger partial charge in [-0.15, -0.1) is 0 Å². The van der Waals surface area contributed by atoms with Crippen molar-refractivity contribution in [3.05, 3.63) is 64.6 Å². The summed E-state index contributed by atoms with van der Waals surface area (Å²) >= 11 is 3.37. The monoisotopic (exact) mass is 320 g/mol. The van der Waals surface area contributed by atoms with Crippen LogP contribution in [0.15, 0.2) is 59.1 Å². The van der Waals surface area contributed by atoms with Crippen LogP contribution in [0.5, 0.6) is 5.75 Å². The maximum absolute atomic E-state index is 11.3. The maximum Gasteiger partial charge on any atom is 0.345 e. The Balaban J connectivity index is 2.11. The summed E-state index contributed by atoms with van der Waals surface area (Å²) in [6.07, 6.45) is -0.569. The van der Waals surface area contributed by atoms with Gasteiger partial charge in [0.05, 0.1) is 0 Å². The van der Waals surface area contributed by atoms with Crippen LogP contribution in [0.2, 0.25) is 0 Å². The summed E-state index contributed by atoms with van der Waals surface area (Å²) in [5.74, 6) is -0.409. The van der Waals surface area contributed by atoms with E-state index in [0.29, 0.717) is 12.2 Å². The predicted octanol–water partition coefficient (Wildman–Crippen LogP) is 3.52. The van der Waals surface area contributed by atoms with Crippen molar-refractivity contribution in [3.8, 4) is 5.75 Å². The minimum atomic E-state index is -0.969. The number of carbonyl (C=O) groups is 1. The highest BCUT2D eigenvalue weighted by Gasteiger charge is 2.20. The number of carboxylic acid groups (broad SMARTS) is 1. The molecule has 2 aromatic carbocycles. The molecule has 0 amide bonds.